The molecule has 21 heavy (non-hydrogen) atoms. The van der Waals surface area contributed by atoms with Crippen molar-refractivity contribution in [3.63, 3.8) is 0 Å². The zero-order valence-corrected chi connectivity index (χ0v) is 13.1. The molecule has 4 nitrogen and oxygen atoms in total. The van der Waals surface area contributed by atoms with Gasteiger partial charge in [-0.25, -0.2) is 0 Å². The van der Waals surface area contributed by atoms with Crippen LogP contribution < -0.4 is 0 Å². The van der Waals surface area contributed by atoms with Gasteiger partial charge in [0.1, 0.15) is 0 Å². The summed E-state index contributed by atoms with van der Waals surface area (Å²) in [6, 6.07) is 7.94. The summed E-state index contributed by atoms with van der Waals surface area (Å²) in [5, 5.41) is 11.8. The molecule has 2 saturated heterocycles. The highest BCUT2D eigenvalue weighted by molar-refractivity contribution is 5.29. The summed E-state index contributed by atoms with van der Waals surface area (Å²) >= 11 is 0. The molecule has 1 aromatic carbocycles. The fourth-order valence-electron chi connectivity index (χ4n) is 4.43. The van der Waals surface area contributed by atoms with Crippen molar-refractivity contribution in [2.24, 2.45) is 5.41 Å². The van der Waals surface area contributed by atoms with Crippen LogP contribution in [0.1, 0.15) is 43.7 Å². The molecule has 2 heterocycles. The molecule has 4 heteroatoms. The standard InChI is InChI=1S/C17H24N2O2/c1-12-6-8-13(9-7-12)15-16(19(20)21)14-5-4-10-18(14)11-17(15,2)3/h6-9,14-16H,4-5,10-11H2,1-3H3. The molecule has 3 unspecified atom stereocenters. The topological polar surface area (TPSA) is 46.4 Å². The van der Waals surface area contributed by atoms with Crippen molar-refractivity contribution >= 4 is 0 Å². The van der Waals surface area contributed by atoms with Crippen molar-refractivity contribution in [2.75, 3.05) is 13.1 Å². The van der Waals surface area contributed by atoms with Gasteiger partial charge in [-0.3, -0.25) is 15.0 Å². The molecular weight excluding hydrogens is 264 g/mol. The molecule has 0 amide bonds. The molecule has 0 radical (unpaired) electrons. The van der Waals surface area contributed by atoms with Gasteiger partial charge in [0, 0.05) is 11.5 Å². The highest BCUT2D eigenvalue weighted by atomic mass is 16.6. The van der Waals surface area contributed by atoms with Gasteiger partial charge in [-0.15, -0.1) is 0 Å². The van der Waals surface area contributed by atoms with Crippen molar-refractivity contribution in [3.05, 3.63) is 45.5 Å². The average molecular weight is 288 g/mol. The van der Waals surface area contributed by atoms with Gasteiger partial charge >= 0.3 is 0 Å². The molecule has 2 aliphatic heterocycles. The molecule has 3 atom stereocenters. The van der Waals surface area contributed by atoms with E-state index in [1.54, 1.807) is 0 Å². The van der Waals surface area contributed by atoms with Gasteiger partial charge in [0.2, 0.25) is 6.04 Å². The Morgan fingerprint density at radius 1 is 1.29 bits per heavy atom. The largest absolute Gasteiger partial charge is 0.293 e. The van der Waals surface area contributed by atoms with Crippen LogP contribution in [0.5, 0.6) is 0 Å². The monoisotopic (exact) mass is 288 g/mol. The fourth-order valence-corrected chi connectivity index (χ4v) is 4.43. The third kappa shape index (κ3) is 2.46. The summed E-state index contributed by atoms with van der Waals surface area (Å²) in [7, 11) is 0. The highest BCUT2D eigenvalue weighted by Gasteiger charge is 2.55. The van der Waals surface area contributed by atoms with Crippen LogP contribution in [0.2, 0.25) is 0 Å². The Balaban J connectivity index is 2.04. The summed E-state index contributed by atoms with van der Waals surface area (Å²) in [6.45, 7) is 8.39. The van der Waals surface area contributed by atoms with Crippen LogP contribution in [0.4, 0.5) is 0 Å². The first-order valence-electron chi connectivity index (χ1n) is 7.84. The van der Waals surface area contributed by atoms with E-state index >= 15 is 0 Å². The van der Waals surface area contributed by atoms with Gasteiger partial charge in [0.05, 0.1) is 12.0 Å². The summed E-state index contributed by atoms with van der Waals surface area (Å²) < 4.78 is 0. The van der Waals surface area contributed by atoms with Gasteiger partial charge in [0.15, 0.2) is 0 Å². The maximum atomic E-state index is 11.8. The minimum Gasteiger partial charge on any atom is -0.293 e. The van der Waals surface area contributed by atoms with Crippen LogP contribution in [-0.2, 0) is 0 Å². The number of fused-ring (bicyclic) bond motifs is 1. The lowest BCUT2D eigenvalue weighted by Crippen LogP contribution is -2.58. The Hall–Kier alpha value is -1.42. The predicted molar refractivity (Wildman–Crippen MR) is 83.1 cm³/mol. The number of aryl methyl sites for hydroxylation is 1. The molecule has 0 bridgehead atoms. The molecule has 114 valence electrons. The maximum Gasteiger partial charge on any atom is 0.235 e. The van der Waals surface area contributed by atoms with Gasteiger partial charge < -0.3 is 0 Å². The zero-order chi connectivity index (χ0) is 15.2. The van der Waals surface area contributed by atoms with Crippen LogP contribution in [0, 0.1) is 22.5 Å². The van der Waals surface area contributed by atoms with Gasteiger partial charge in [-0.1, -0.05) is 43.7 Å². The van der Waals surface area contributed by atoms with Crippen LogP contribution in [0.3, 0.4) is 0 Å². The molecule has 0 N–H and O–H groups in total. The second-order valence-corrected chi connectivity index (χ2v) is 7.33. The molecular formula is C17H24N2O2. The van der Waals surface area contributed by atoms with Crippen LogP contribution in [0.25, 0.3) is 0 Å². The second kappa shape index (κ2) is 5.09. The van der Waals surface area contributed by atoms with E-state index in [4.69, 9.17) is 0 Å². The van der Waals surface area contributed by atoms with Crippen LogP contribution in [0.15, 0.2) is 24.3 Å². The Labute approximate surface area is 126 Å². The molecule has 2 fully saturated rings. The van der Waals surface area contributed by atoms with E-state index in [-0.39, 0.29) is 22.3 Å². The lowest BCUT2D eigenvalue weighted by atomic mass is 9.66. The normalized spacial score (nSPS) is 31.9. The third-order valence-electron chi connectivity index (χ3n) is 5.28. The summed E-state index contributed by atoms with van der Waals surface area (Å²) in [6.07, 6.45) is 2.05. The minimum atomic E-state index is -0.487. The smallest absolute Gasteiger partial charge is 0.235 e. The zero-order valence-electron chi connectivity index (χ0n) is 13.1. The lowest BCUT2D eigenvalue weighted by molar-refractivity contribution is -0.541. The Kier molecular flexibility index (Phi) is 3.52. The number of nitro groups is 1. The molecule has 0 spiro atoms. The van der Waals surface area contributed by atoms with Crippen LogP contribution in [-0.4, -0.2) is 35.0 Å². The highest BCUT2D eigenvalue weighted by Crippen LogP contribution is 2.48. The van der Waals surface area contributed by atoms with Crippen molar-refractivity contribution in [1.82, 2.24) is 4.90 Å². The van der Waals surface area contributed by atoms with E-state index < -0.39 is 6.04 Å². The number of hydrogen-bond acceptors (Lipinski definition) is 3. The maximum absolute atomic E-state index is 11.8. The summed E-state index contributed by atoms with van der Waals surface area (Å²) in [4.78, 5) is 14.1. The number of piperidine rings is 1. The van der Waals surface area contributed by atoms with E-state index in [1.807, 2.05) is 0 Å². The van der Waals surface area contributed by atoms with E-state index in [1.165, 1.54) is 5.56 Å². The summed E-state index contributed by atoms with van der Waals surface area (Å²) in [5.41, 5.74) is 2.25. The second-order valence-electron chi connectivity index (χ2n) is 7.33. The molecule has 0 aliphatic carbocycles. The first kappa shape index (κ1) is 14.5. The molecule has 1 aromatic rings. The molecule has 0 saturated carbocycles. The first-order chi connectivity index (χ1) is 9.90. The number of rotatable bonds is 2. The fraction of sp³-hybridized carbons (Fsp3) is 0.647. The quantitative estimate of drug-likeness (QED) is 0.620. The minimum absolute atomic E-state index is 0.00699. The Morgan fingerprint density at radius 2 is 1.95 bits per heavy atom. The third-order valence-corrected chi connectivity index (χ3v) is 5.28. The molecule has 2 aliphatic rings. The predicted octanol–water partition coefficient (Wildman–Crippen LogP) is 3.23. The van der Waals surface area contributed by atoms with Gasteiger partial charge in [0.25, 0.3) is 0 Å². The van der Waals surface area contributed by atoms with Crippen molar-refractivity contribution < 1.29 is 4.92 Å². The Morgan fingerprint density at radius 3 is 2.57 bits per heavy atom. The number of hydrogen-bond donors (Lipinski definition) is 0. The molecule has 0 aromatic heterocycles. The average Bonchev–Trinajstić information content (AvgIpc) is 2.84. The van der Waals surface area contributed by atoms with Crippen LogP contribution >= 0.6 is 0 Å². The lowest BCUT2D eigenvalue weighted by Gasteiger charge is -2.47. The van der Waals surface area contributed by atoms with Crippen molar-refractivity contribution in [2.45, 2.75) is 51.6 Å². The van der Waals surface area contributed by atoms with Crippen molar-refractivity contribution in [3.8, 4) is 0 Å². The summed E-state index contributed by atoms with van der Waals surface area (Å²) in [5.74, 6) is -0.00699. The SMILES string of the molecule is Cc1ccc(C2C([N+](=O)[O-])C3CCCN3CC2(C)C)cc1. The first-order valence-corrected chi connectivity index (χ1v) is 7.84. The van der Waals surface area contributed by atoms with Gasteiger partial charge in [-0.2, -0.15) is 0 Å². The van der Waals surface area contributed by atoms with E-state index in [2.05, 4.69) is 49.9 Å². The van der Waals surface area contributed by atoms with Gasteiger partial charge in [-0.05, 0) is 37.3 Å². The Bertz CT molecular complexity index is 538. The van der Waals surface area contributed by atoms with E-state index in [0.29, 0.717) is 0 Å². The van der Waals surface area contributed by atoms with E-state index in [0.717, 1.165) is 31.5 Å². The van der Waals surface area contributed by atoms with E-state index in [9.17, 15) is 10.1 Å². The van der Waals surface area contributed by atoms with Crippen molar-refractivity contribution in [1.29, 1.82) is 0 Å². The number of benzene rings is 1. The molecule has 3 rings (SSSR count). The number of nitrogens with zero attached hydrogens (tertiary/aromatic N) is 2.